The molecule has 0 atom stereocenters. The van der Waals surface area contributed by atoms with Crippen LogP contribution >= 0.6 is 0 Å². The summed E-state index contributed by atoms with van der Waals surface area (Å²) < 4.78 is 1.96. The van der Waals surface area contributed by atoms with Crippen LogP contribution in [0.4, 0.5) is 11.6 Å². The Kier molecular flexibility index (Phi) is 5.55. The lowest BCUT2D eigenvalue weighted by molar-refractivity contribution is -0.115. The van der Waals surface area contributed by atoms with Gasteiger partial charge in [0, 0.05) is 30.9 Å². The molecule has 1 N–H and O–H groups in total. The first kappa shape index (κ1) is 19.1. The molecule has 2 aromatic heterocycles. The fourth-order valence-electron chi connectivity index (χ4n) is 3.83. The lowest BCUT2D eigenvalue weighted by atomic mass is 10.0. The van der Waals surface area contributed by atoms with E-state index in [1.807, 2.05) is 54.2 Å². The van der Waals surface area contributed by atoms with Gasteiger partial charge in [0.2, 0.25) is 5.91 Å². The average molecular weight is 390 g/mol. The van der Waals surface area contributed by atoms with Crippen molar-refractivity contribution in [1.29, 1.82) is 0 Å². The summed E-state index contributed by atoms with van der Waals surface area (Å²) in [6.07, 6.45) is 5.90. The van der Waals surface area contributed by atoms with E-state index in [2.05, 4.69) is 32.2 Å². The van der Waals surface area contributed by atoms with Crippen molar-refractivity contribution in [2.24, 2.45) is 0 Å². The van der Waals surface area contributed by atoms with Crippen LogP contribution < -0.4 is 10.2 Å². The summed E-state index contributed by atoms with van der Waals surface area (Å²) in [5.74, 6) is 2.55. The van der Waals surface area contributed by atoms with E-state index in [9.17, 15) is 4.79 Å². The molecule has 1 saturated heterocycles. The minimum atomic E-state index is -0.0255. The molecule has 3 heterocycles. The number of carbonyl (C=O) groups is 1. The highest BCUT2D eigenvalue weighted by molar-refractivity contribution is 5.91. The molecule has 1 aliphatic heterocycles. The average Bonchev–Trinajstić information content (AvgIpc) is 3.18. The van der Waals surface area contributed by atoms with E-state index in [-0.39, 0.29) is 11.9 Å². The van der Waals surface area contributed by atoms with Crippen LogP contribution in [-0.4, -0.2) is 38.7 Å². The first-order chi connectivity index (χ1) is 14.1. The van der Waals surface area contributed by atoms with Crippen LogP contribution in [0.5, 0.6) is 0 Å². The van der Waals surface area contributed by atoms with Crippen LogP contribution in [0.3, 0.4) is 0 Å². The standard InChI is InChI=1S/C22H26N6O/c1-16-15-23-17(2)25-22(16)27-12-9-19(10-13-27)28-20(8-11-24-28)26-21(29)14-18-6-4-3-5-7-18/h3-8,11,15,19H,9-10,12-14H2,1-2H3,(H,26,29). The molecule has 1 amide bonds. The zero-order chi connectivity index (χ0) is 20.2. The van der Waals surface area contributed by atoms with Crippen molar-refractivity contribution in [3.63, 3.8) is 0 Å². The predicted octanol–water partition coefficient (Wildman–Crippen LogP) is 3.31. The van der Waals surface area contributed by atoms with Crippen molar-refractivity contribution in [2.75, 3.05) is 23.3 Å². The molecule has 4 rings (SSSR count). The van der Waals surface area contributed by atoms with Gasteiger partial charge in [-0.25, -0.2) is 14.6 Å². The minimum Gasteiger partial charge on any atom is -0.356 e. The molecule has 1 fully saturated rings. The number of anilines is 2. The number of rotatable bonds is 5. The molecule has 29 heavy (non-hydrogen) atoms. The third-order valence-electron chi connectivity index (χ3n) is 5.32. The third kappa shape index (κ3) is 4.45. The van der Waals surface area contributed by atoms with Gasteiger partial charge in [-0.05, 0) is 32.3 Å². The van der Waals surface area contributed by atoms with Crippen LogP contribution in [0.25, 0.3) is 0 Å². The summed E-state index contributed by atoms with van der Waals surface area (Å²) in [6.45, 7) is 5.77. The fourth-order valence-corrected chi connectivity index (χ4v) is 3.83. The summed E-state index contributed by atoms with van der Waals surface area (Å²) in [5, 5.41) is 7.51. The van der Waals surface area contributed by atoms with Gasteiger partial charge in [-0.2, -0.15) is 5.10 Å². The second-order valence-electron chi connectivity index (χ2n) is 7.51. The molecule has 150 valence electrons. The monoisotopic (exact) mass is 390 g/mol. The van der Waals surface area contributed by atoms with Crippen LogP contribution in [0, 0.1) is 13.8 Å². The summed E-state index contributed by atoms with van der Waals surface area (Å²) in [4.78, 5) is 23.6. The number of piperidine rings is 1. The Morgan fingerprint density at radius 3 is 2.66 bits per heavy atom. The summed E-state index contributed by atoms with van der Waals surface area (Å²) in [7, 11) is 0. The molecule has 0 radical (unpaired) electrons. The summed E-state index contributed by atoms with van der Waals surface area (Å²) in [5.41, 5.74) is 2.10. The number of carbonyl (C=O) groups excluding carboxylic acids is 1. The zero-order valence-corrected chi connectivity index (χ0v) is 16.9. The molecular weight excluding hydrogens is 364 g/mol. The maximum atomic E-state index is 12.4. The van der Waals surface area contributed by atoms with Crippen molar-refractivity contribution in [1.82, 2.24) is 19.7 Å². The quantitative estimate of drug-likeness (QED) is 0.723. The van der Waals surface area contributed by atoms with Crippen molar-refractivity contribution >= 4 is 17.5 Å². The molecule has 1 aromatic carbocycles. The Hall–Kier alpha value is -3.22. The van der Waals surface area contributed by atoms with E-state index in [1.54, 1.807) is 6.20 Å². The van der Waals surface area contributed by atoms with Gasteiger partial charge in [0.25, 0.3) is 0 Å². The van der Waals surface area contributed by atoms with Gasteiger partial charge in [0.1, 0.15) is 17.5 Å². The van der Waals surface area contributed by atoms with Gasteiger partial charge >= 0.3 is 0 Å². The molecule has 0 bridgehead atoms. The van der Waals surface area contributed by atoms with Crippen molar-refractivity contribution < 1.29 is 4.79 Å². The molecule has 7 nitrogen and oxygen atoms in total. The number of aryl methyl sites for hydroxylation is 2. The Bertz CT molecular complexity index is 976. The highest BCUT2D eigenvalue weighted by Gasteiger charge is 2.25. The smallest absolute Gasteiger partial charge is 0.229 e. The van der Waals surface area contributed by atoms with Crippen LogP contribution in [0.2, 0.25) is 0 Å². The van der Waals surface area contributed by atoms with Gasteiger partial charge in [-0.1, -0.05) is 30.3 Å². The lowest BCUT2D eigenvalue weighted by Gasteiger charge is -2.34. The van der Waals surface area contributed by atoms with E-state index in [0.29, 0.717) is 6.42 Å². The number of amides is 1. The second-order valence-corrected chi connectivity index (χ2v) is 7.51. The molecular formula is C22H26N6O. The van der Waals surface area contributed by atoms with Crippen LogP contribution in [-0.2, 0) is 11.2 Å². The topological polar surface area (TPSA) is 75.9 Å². The highest BCUT2D eigenvalue weighted by Crippen LogP contribution is 2.28. The van der Waals surface area contributed by atoms with Gasteiger partial charge in [-0.3, -0.25) is 4.79 Å². The zero-order valence-electron chi connectivity index (χ0n) is 16.9. The Balaban J connectivity index is 1.39. The normalized spacial score (nSPS) is 14.8. The number of aromatic nitrogens is 4. The maximum absolute atomic E-state index is 12.4. The van der Waals surface area contributed by atoms with E-state index < -0.39 is 0 Å². The van der Waals surface area contributed by atoms with Crippen molar-refractivity contribution in [3.05, 3.63) is 65.7 Å². The van der Waals surface area contributed by atoms with Gasteiger partial charge in [0.05, 0.1) is 18.7 Å². The molecule has 0 saturated carbocycles. The first-order valence-electron chi connectivity index (χ1n) is 10.0. The minimum absolute atomic E-state index is 0.0255. The summed E-state index contributed by atoms with van der Waals surface area (Å²) in [6, 6.07) is 11.9. The molecule has 3 aromatic rings. The Morgan fingerprint density at radius 2 is 1.90 bits per heavy atom. The van der Waals surface area contributed by atoms with Gasteiger partial charge in [-0.15, -0.1) is 0 Å². The molecule has 0 aliphatic carbocycles. The van der Waals surface area contributed by atoms with Crippen LogP contribution in [0.15, 0.2) is 48.8 Å². The second kappa shape index (κ2) is 8.43. The highest BCUT2D eigenvalue weighted by atomic mass is 16.1. The molecule has 1 aliphatic rings. The van der Waals surface area contributed by atoms with E-state index in [0.717, 1.165) is 54.5 Å². The Labute approximate surface area is 170 Å². The molecule has 0 unspecified atom stereocenters. The number of hydrogen-bond acceptors (Lipinski definition) is 5. The maximum Gasteiger partial charge on any atom is 0.229 e. The third-order valence-corrected chi connectivity index (χ3v) is 5.32. The number of nitrogens with one attached hydrogen (secondary N) is 1. The number of hydrogen-bond donors (Lipinski definition) is 1. The number of benzene rings is 1. The number of nitrogens with zero attached hydrogens (tertiary/aromatic N) is 5. The van der Waals surface area contributed by atoms with Crippen LogP contribution in [0.1, 0.15) is 35.8 Å². The van der Waals surface area contributed by atoms with Crippen molar-refractivity contribution in [3.8, 4) is 0 Å². The first-order valence-corrected chi connectivity index (χ1v) is 10.0. The molecule has 0 spiro atoms. The van der Waals surface area contributed by atoms with Crippen molar-refractivity contribution in [2.45, 2.75) is 39.2 Å². The fraction of sp³-hybridized carbons (Fsp3) is 0.364. The van der Waals surface area contributed by atoms with E-state index >= 15 is 0 Å². The molecule has 7 heteroatoms. The lowest BCUT2D eigenvalue weighted by Crippen LogP contribution is -2.36. The van der Waals surface area contributed by atoms with E-state index in [4.69, 9.17) is 0 Å². The van der Waals surface area contributed by atoms with Gasteiger partial charge in [0.15, 0.2) is 0 Å². The SMILES string of the molecule is Cc1ncc(C)c(N2CCC(n3nccc3NC(=O)Cc3ccccc3)CC2)n1. The Morgan fingerprint density at radius 1 is 1.14 bits per heavy atom. The van der Waals surface area contributed by atoms with Gasteiger partial charge < -0.3 is 10.2 Å². The van der Waals surface area contributed by atoms with E-state index in [1.165, 1.54) is 0 Å². The largest absolute Gasteiger partial charge is 0.356 e. The predicted molar refractivity (Wildman–Crippen MR) is 113 cm³/mol. The summed E-state index contributed by atoms with van der Waals surface area (Å²) >= 11 is 0.